The van der Waals surface area contributed by atoms with Gasteiger partial charge in [-0.25, -0.2) is 4.39 Å². The van der Waals surface area contributed by atoms with Crippen molar-refractivity contribution in [3.63, 3.8) is 0 Å². The van der Waals surface area contributed by atoms with Gasteiger partial charge >= 0.3 is 6.18 Å². The zero-order valence-electron chi connectivity index (χ0n) is 10.3. The van der Waals surface area contributed by atoms with Crippen molar-refractivity contribution in [2.75, 3.05) is 0 Å². The van der Waals surface area contributed by atoms with E-state index in [0.29, 0.717) is 6.07 Å². The Labute approximate surface area is 129 Å². The Hall–Kier alpha value is -1.41. The molecule has 1 N–H and O–H groups in total. The normalized spacial score (nSPS) is 11.5. The second kappa shape index (κ2) is 6.15. The van der Waals surface area contributed by atoms with Gasteiger partial charge < -0.3 is 5.32 Å². The molecule has 0 bridgehead atoms. The molecular weight excluding hydrogens is 374 g/mol. The molecule has 0 atom stereocenters. The molecule has 0 radical (unpaired) electrons. The summed E-state index contributed by atoms with van der Waals surface area (Å²) in [5.41, 5.74) is -2.08. The number of halogens is 5. The number of alkyl halides is 3. The minimum absolute atomic E-state index is 0.104. The highest BCUT2D eigenvalue weighted by Gasteiger charge is 2.35. The van der Waals surface area contributed by atoms with Gasteiger partial charge in [-0.15, -0.1) is 11.3 Å². The molecule has 0 fully saturated rings. The smallest absolute Gasteiger partial charge is 0.347 e. The number of benzene rings is 1. The molecule has 0 saturated heterocycles. The zero-order chi connectivity index (χ0) is 15.6. The van der Waals surface area contributed by atoms with Gasteiger partial charge in [-0.1, -0.05) is 6.07 Å². The SMILES string of the molecule is O=C(NCc1sccc1Br)c1cccc(C(F)(F)F)c1F. The summed E-state index contributed by atoms with van der Waals surface area (Å²) >= 11 is 4.62. The summed E-state index contributed by atoms with van der Waals surface area (Å²) < 4.78 is 52.3. The molecule has 1 amide bonds. The van der Waals surface area contributed by atoms with Gasteiger partial charge in [-0.05, 0) is 39.5 Å². The lowest BCUT2D eigenvalue weighted by Crippen LogP contribution is -2.24. The Morgan fingerprint density at radius 1 is 1.29 bits per heavy atom. The van der Waals surface area contributed by atoms with Crippen molar-refractivity contribution in [1.82, 2.24) is 5.32 Å². The minimum atomic E-state index is -4.84. The number of rotatable bonds is 3. The summed E-state index contributed by atoms with van der Waals surface area (Å²) in [6.07, 6.45) is -4.84. The number of amides is 1. The van der Waals surface area contributed by atoms with Crippen LogP contribution in [0.25, 0.3) is 0 Å². The average molecular weight is 382 g/mol. The predicted molar refractivity (Wildman–Crippen MR) is 74.6 cm³/mol. The summed E-state index contributed by atoms with van der Waals surface area (Å²) in [5, 5.41) is 4.18. The van der Waals surface area contributed by atoms with Crippen LogP contribution in [0.3, 0.4) is 0 Å². The fourth-order valence-corrected chi connectivity index (χ4v) is 3.07. The first-order valence-corrected chi connectivity index (χ1v) is 7.33. The molecule has 1 aromatic carbocycles. The number of hydrogen-bond donors (Lipinski definition) is 1. The summed E-state index contributed by atoms with van der Waals surface area (Å²) in [6.45, 7) is 0.104. The fraction of sp³-hybridized carbons (Fsp3) is 0.154. The third-order valence-electron chi connectivity index (χ3n) is 2.65. The van der Waals surface area contributed by atoms with Crippen molar-refractivity contribution in [2.45, 2.75) is 12.7 Å². The van der Waals surface area contributed by atoms with Gasteiger partial charge in [0.1, 0.15) is 5.82 Å². The number of carbonyl (C=O) groups is 1. The largest absolute Gasteiger partial charge is 0.419 e. The van der Waals surface area contributed by atoms with Crippen LogP contribution in [0, 0.1) is 5.82 Å². The number of thiophene rings is 1. The van der Waals surface area contributed by atoms with Crippen LogP contribution < -0.4 is 5.32 Å². The molecular formula is C13H8BrF4NOS. The van der Waals surface area contributed by atoms with Gasteiger partial charge in [-0.2, -0.15) is 13.2 Å². The molecule has 0 spiro atoms. The maximum atomic E-state index is 13.8. The maximum Gasteiger partial charge on any atom is 0.419 e. The van der Waals surface area contributed by atoms with E-state index in [1.807, 2.05) is 0 Å². The van der Waals surface area contributed by atoms with Crippen molar-refractivity contribution < 1.29 is 22.4 Å². The highest BCUT2D eigenvalue weighted by molar-refractivity contribution is 9.10. The van der Waals surface area contributed by atoms with E-state index in [1.165, 1.54) is 11.3 Å². The Morgan fingerprint density at radius 3 is 2.57 bits per heavy atom. The van der Waals surface area contributed by atoms with Crippen LogP contribution in [0.2, 0.25) is 0 Å². The van der Waals surface area contributed by atoms with Gasteiger partial charge in [0.15, 0.2) is 0 Å². The lowest BCUT2D eigenvalue weighted by atomic mass is 10.1. The quantitative estimate of drug-likeness (QED) is 0.773. The van der Waals surface area contributed by atoms with Crippen LogP contribution in [-0.4, -0.2) is 5.91 Å². The Kier molecular flexibility index (Phi) is 4.67. The van der Waals surface area contributed by atoms with Gasteiger partial charge in [0, 0.05) is 9.35 Å². The van der Waals surface area contributed by atoms with E-state index in [2.05, 4.69) is 21.2 Å². The molecule has 0 saturated carbocycles. The minimum Gasteiger partial charge on any atom is -0.347 e. The molecule has 8 heteroatoms. The average Bonchev–Trinajstić information content (AvgIpc) is 2.80. The van der Waals surface area contributed by atoms with Crippen molar-refractivity contribution in [2.24, 2.45) is 0 Å². The first-order chi connectivity index (χ1) is 9.80. The van der Waals surface area contributed by atoms with Gasteiger partial charge in [0.2, 0.25) is 0 Å². The first kappa shape index (κ1) is 16.0. The number of nitrogens with one attached hydrogen (secondary N) is 1. The number of hydrogen-bond acceptors (Lipinski definition) is 2. The standard InChI is InChI=1S/C13H8BrF4NOS/c14-9-4-5-21-10(9)6-19-12(20)7-2-1-3-8(11(7)15)13(16,17)18/h1-5H,6H2,(H,19,20). The predicted octanol–water partition coefficient (Wildman–Crippen LogP) is 4.60. The molecule has 2 rings (SSSR count). The second-order valence-corrected chi connectivity index (χ2v) is 5.89. The summed E-state index contributed by atoms with van der Waals surface area (Å²) in [6, 6.07) is 4.39. The van der Waals surface area contributed by atoms with Crippen LogP contribution in [0.1, 0.15) is 20.8 Å². The third kappa shape index (κ3) is 3.62. The molecule has 0 aliphatic carbocycles. The zero-order valence-corrected chi connectivity index (χ0v) is 12.7. The van der Waals surface area contributed by atoms with Gasteiger partial charge in [0.25, 0.3) is 5.91 Å². The lowest BCUT2D eigenvalue weighted by Gasteiger charge is -2.11. The van der Waals surface area contributed by atoms with Crippen LogP contribution in [-0.2, 0) is 12.7 Å². The summed E-state index contributed by atoms with van der Waals surface area (Å²) in [7, 11) is 0. The lowest BCUT2D eigenvalue weighted by molar-refractivity contribution is -0.140. The molecule has 2 nitrogen and oxygen atoms in total. The molecule has 112 valence electrons. The molecule has 0 aliphatic rings. The van der Waals surface area contributed by atoms with Crippen molar-refractivity contribution in [1.29, 1.82) is 0 Å². The molecule has 0 aliphatic heterocycles. The summed E-state index contributed by atoms with van der Waals surface area (Å²) in [4.78, 5) is 12.6. The fourth-order valence-electron chi connectivity index (χ4n) is 1.63. The maximum absolute atomic E-state index is 13.8. The molecule has 2 aromatic rings. The van der Waals surface area contributed by atoms with E-state index >= 15 is 0 Å². The van der Waals surface area contributed by atoms with E-state index in [-0.39, 0.29) is 6.54 Å². The van der Waals surface area contributed by atoms with Crippen LogP contribution in [0.5, 0.6) is 0 Å². The Morgan fingerprint density at radius 2 is 2.00 bits per heavy atom. The molecule has 21 heavy (non-hydrogen) atoms. The van der Waals surface area contributed by atoms with E-state index in [0.717, 1.165) is 21.5 Å². The van der Waals surface area contributed by atoms with Crippen LogP contribution in [0.15, 0.2) is 34.1 Å². The Balaban J connectivity index is 2.18. The van der Waals surface area contributed by atoms with Gasteiger partial charge in [0.05, 0.1) is 17.7 Å². The topological polar surface area (TPSA) is 29.1 Å². The van der Waals surface area contributed by atoms with E-state index in [9.17, 15) is 22.4 Å². The van der Waals surface area contributed by atoms with Crippen molar-refractivity contribution in [3.05, 3.63) is 55.9 Å². The second-order valence-electron chi connectivity index (χ2n) is 4.04. The first-order valence-electron chi connectivity index (χ1n) is 5.66. The monoisotopic (exact) mass is 381 g/mol. The van der Waals surface area contributed by atoms with E-state index in [1.54, 1.807) is 11.4 Å². The number of carbonyl (C=O) groups excluding carboxylic acids is 1. The molecule has 0 unspecified atom stereocenters. The van der Waals surface area contributed by atoms with Crippen LogP contribution in [0.4, 0.5) is 17.6 Å². The van der Waals surface area contributed by atoms with E-state index < -0.39 is 29.0 Å². The highest BCUT2D eigenvalue weighted by Crippen LogP contribution is 2.32. The van der Waals surface area contributed by atoms with Gasteiger partial charge in [-0.3, -0.25) is 4.79 Å². The summed E-state index contributed by atoms with van der Waals surface area (Å²) in [5.74, 6) is -2.45. The van der Waals surface area contributed by atoms with Crippen LogP contribution >= 0.6 is 27.3 Å². The van der Waals surface area contributed by atoms with Crippen molar-refractivity contribution >= 4 is 33.2 Å². The Bertz CT molecular complexity index is 668. The molecule has 1 heterocycles. The molecule has 1 aromatic heterocycles. The van der Waals surface area contributed by atoms with Crippen molar-refractivity contribution in [3.8, 4) is 0 Å². The van der Waals surface area contributed by atoms with E-state index in [4.69, 9.17) is 0 Å². The highest BCUT2D eigenvalue weighted by atomic mass is 79.9. The third-order valence-corrected chi connectivity index (χ3v) is 4.58.